The number of amides is 1. The lowest BCUT2D eigenvalue weighted by atomic mass is 10.0. The van der Waals surface area contributed by atoms with E-state index in [1.807, 2.05) is 44.2 Å². The molecule has 4 rings (SSSR count). The molecular formula is C25H29BN6O4S. The van der Waals surface area contributed by atoms with E-state index in [2.05, 4.69) is 20.5 Å². The van der Waals surface area contributed by atoms with E-state index in [1.54, 1.807) is 43.6 Å². The minimum atomic E-state index is -3.75. The van der Waals surface area contributed by atoms with Crippen molar-refractivity contribution in [3.05, 3.63) is 66.9 Å². The third-order valence-electron chi connectivity index (χ3n) is 5.24. The van der Waals surface area contributed by atoms with Crippen LogP contribution in [0.4, 0.5) is 16.3 Å². The number of aromatic nitrogens is 3. The summed E-state index contributed by atoms with van der Waals surface area (Å²) in [6.07, 6.45) is 1.15. The molecule has 0 spiro atoms. The molecule has 37 heavy (non-hydrogen) atoms. The van der Waals surface area contributed by atoms with Gasteiger partial charge in [0.05, 0.1) is 10.6 Å². The van der Waals surface area contributed by atoms with Gasteiger partial charge in [-0.25, -0.2) is 22.9 Å². The Hall–Kier alpha value is -3.90. The number of nitrogens with zero attached hydrogens (tertiary/aromatic N) is 3. The van der Waals surface area contributed by atoms with Gasteiger partial charge in [0.15, 0.2) is 5.65 Å². The lowest BCUT2D eigenvalue weighted by Crippen LogP contribution is -2.37. The number of anilines is 2. The van der Waals surface area contributed by atoms with Gasteiger partial charge in [0, 0.05) is 36.6 Å². The molecule has 12 heteroatoms. The first kappa shape index (κ1) is 26.2. The summed E-state index contributed by atoms with van der Waals surface area (Å²) in [4.78, 5) is 16.6. The lowest BCUT2D eigenvalue weighted by molar-refractivity contribution is 0.0529. The third-order valence-corrected chi connectivity index (χ3v) is 6.72. The number of ether oxygens (including phenoxy) is 1. The van der Waals surface area contributed by atoms with E-state index < -0.39 is 21.7 Å². The quantitative estimate of drug-likeness (QED) is 0.240. The Labute approximate surface area is 216 Å². The molecule has 3 N–H and O–H groups in total. The molecule has 0 saturated carbocycles. The standard InChI is InChI=1S/C25H29BN6O4S/c1-25(2,3)36-24(33)27-13-14-29-37(34,35)19-11-9-18(10-12-19)30-22-15-21(17-7-5-4-6-8-17)31-23-20(26)16-28-32(22)23/h4-12,15-16,29-30H,13-14,26H2,1-3H3,(H,27,33). The van der Waals surface area contributed by atoms with Gasteiger partial charge in [0.2, 0.25) is 10.0 Å². The van der Waals surface area contributed by atoms with Crippen LogP contribution in [0.15, 0.2) is 71.8 Å². The van der Waals surface area contributed by atoms with Gasteiger partial charge in [0.1, 0.15) is 19.3 Å². The van der Waals surface area contributed by atoms with Crippen molar-refractivity contribution in [1.29, 1.82) is 0 Å². The van der Waals surface area contributed by atoms with Gasteiger partial charge >= 0.3 is 6.09 Å². The highest BCUT2D eigenvalue weighted by molar-refractivity contribution is 7.89. The maximum atomic E-state index is 12.7. The topological polar surface area (TPSA) is 127 Å². The maximum absolute atomic E-state index is 12.7. The van der Waals surface area contributed by atoms with Gasteiger partial charge in [-0.05, 0) is 50.5 Å². The number of carbonyl (C=O) groups excluding carboxylic acids is 1. The summed E-state index contributed by atoms with van der Waals surface area (Å²) in [5, 5.41) is 10.3. The van der Waals surface area contributed by atoms with E-state index in [1.165, 1.54) is 12.1 Å². The zero-order valence-electron chi connectivity index (χ0n) is 21.1. The molecule has 0 fully saturated rings. The summed E-state index contributed by atoms with van der Waals surface area (Å²) >= 11 is 0. The van der Waals surface area contributed by atoms with Crippen LogP contribution in [0.25, 0.3) is 16.9 Å². The van der Waals surface area contributed by atoms with Gasteiger partial charge in [-0.3, -0.25) is 0 Å². The zero-order chi connectivity index (χ0) is 26.6. The van der Waals surface area contributed by atoms with E-state index in [4.69, 9.17) is 9.72 Å². The molecule has 1 amide bonds. The molecule has 0 aliphatic rings. The second-order valence-corrected chi connectivity index (χ2v) is 11.2. The second kappa shape index (κ2) is 10.6. The average Bonchev–Trinajstić information content (AvgIpc) is 3.22. The normalized spacial score (nSPS) is 11.9. The highest BCUT2D eigenvalue weighted by Crippen LogP contribution is 2.24. The first-order valence-corrected chi connectivity index (χ1v) is 13.2. The first-order chi connectivity index (χ1) is 17.5. The van der Waals surface area contributed by atoms with Crippen molar-refractivity contribution in [3.8, 4) is 11.3 Å². The molecule has 0 unspecified atom stereocenters. The molecule has 2 aromatic heterocycles. The van der Waals surface area contributed by atoms with Crippen LogP contribution in [-0.2, 0) is 14.8 Å². The predicted octanol–water partition coefficient (Wildman–Crippen LogP) is 2.20. The Kier molecular flexibility index (Phi) is 7.51. The third kappa shape index (κ3) is 6.66. The number of sulfonamides is 1. The van der Waals surface area contributed by atoms with Gasteiger partial charge < -0.3 is 15.4 Å². The zero-order valence-corrected chi connectivity index (χ0v) is 22.0. The summed E-state index contributed by atoms with van der Waals surface area (Å²) in [7, 11) is -1.81. The molecule has 2 aromatic carbocycles. The molecule has 4 aromatic rings. The van der Waals surface area contributed by atoms with Crippen LogP contribution in [0.2, 0.25) is 0 Å². The van der Waals surface area contributed by atoms with Gasteiger partial charge in [-0.2, -0.15) is 9.61 Å². The molecule has 0 bridgehead atoms. The average molecular weight is 520 g/mol. The Morgan fingerprint density at radius 1 is 1.05 bits per heavy atom. The number of hydrogen-bond acceptors (Lipinski definition) is 7. The number of rotatable bonds is 8. The SMILES string of the molecule is Bc1cnn2c(Nc3ccc(S(=O)(=O)NCCNC(=O)OC(C)(C)C)cc3)cc(-c3ccccc3)nc12. The summed E-state index contributed by atoms with van der Waals surface area (Å²) < 4.78 is 34.6. The maximum Gasteiger partial charge on any atom is 0.407 e. The minimum Gasteiger partial charge on any atom is -0.444 e. The van der Waals surface area contributed by atoms with Crippen LogP contribution in [-0.4, -0.2) is 55.6 Å². The number of hydrogen-bond donors (Lipinski definition) is 3. The lowest BCUT2D eigenvalue weighted by Gasteiger charge is -2.19. The molecule has 0 aliphatic carbocycles. The van der Waals surface area contributed by atoms with Crippen LogP contribution >= 0.6 is 0 Å². The molecule has 0 radical (unpaired) electrons. The van der Waals surface area contributed by atoms with Crippen molar-refractivity contribution in [3.63, 3.8) is 0 Å². The number of fused-ring (bicyclic) bond motifs is 1. The van der Waals surface area contributed by atoms with E-state index in [9.17, 15) is 13.2 Å². The van der Waals surface area contributed by atoms with Gasteiger partial charge in [0.25, 0.3) is 0 Å². The molecule has 0 saturated heterocycles. The number of alkyl carbamates (subject to hydrolysis) is 1. The Bertz CT molecular complexity index is 1500. The molecule has 0 aliphatic heterocycles. The van der Waals surface area contributed by atoms with Crippen LogP contribution in [0.5, 0.6) is 0 Å². The summed E-state index contributed by atoms with van der Waals surface area (Å²) in [5.74, 6) is 0.693. The van der Waals surface area contributed by atoms with Crippen molar-refractivity contribution < 1.29 is 17.9 Å². The fourth-order valence-corrected chi connectivity index (χ4v) is 4.56. The van der Waals surface area contributed by atoms with Crippen molar-refractivity contribution in [2.24, 2.45) is 0 Å². The van der Waals surface area contributed by atoms with Gasteiger partial charge in [-0.15, -0.1) is 0 Å². The van der Waals surface area contributed by atoms with Crippen LogP contribution < -0.4 is 20.8 Å². The van der Waals surface area contributed by atoms with E-state index >= 15 is 0 Å². The van der Waals surface area contributed by atoms with Crippen LogP contribution in [0, 0.1) is 0 Å². The minimum absolute atomic E-state index is 0.0253. The van der Waals surface area contributed by atoms with Crippen molar-refractivity contribution >= 4 is 46.6 Å². The number of nitrogens with one attached hydrogen (secondary N) is 3. The van der Waals surface area contributed by atoms with Crippen LogP contribution in [0.1, 0.15) is 20.8 Å². The number of carbonyl (C=O) groups is 1. The number of benzene rings is 2. The van der Waals surface area contributed by atoms with E-state index in [0.717, 1.165) is 22.4 Å². The molecular weight excluding hydrogens is 491 g/mol. The van der Waals surface area contributed by atoms with Crippen LogP contribution in [0.3, 0.4) is 0 Å². The monoisotopic (exact) mass is 520 g/mol. The van der Waals surface area contributed by atoms with Crippen molar-refractivity contribution in [1.82, 2.24) is 24.6 Å². The Balaban J connectivity index is 1.45. The van der Waals surface area contributed by atoms with E-state index in [0.29, 0.717) is 11.5 Å². The summed E-state index contributed by atoms with van der Waals surface area (Å²) in [6.45, 7) is 5.38. The van der Waals surface area contributed by atoms with Gasteiger partial charge in [-0.1, -0.05) is 30.3 Å². The predicted molar refractivity (Wildman–Crippen MR) is 146 cm³/mol. The highest BCUT2D eigenvalue weighted by atomic mass is 32.2. The molecule has 0 atom stereocenters. The fraction of sp³-hybridized carbons (Fsp3) is 0.240. The summed E-state index contributed by atoms with van der Waals surface area (Å²) in [5.41, 5.74) is 3.50. The Morgan fingerprint density at radius 3 is 2.43 bits per heavy atom. The second-order valence-electron chi connectivity index (χ2n) is 9.43. The van der Waals surface area contributed by atoms with Crippen molar-refractivity contribution in [2.45, 2.75) is 31.3 Å². The molecule has 10 nitrogen and oxygen atoms in total. The van der Waals surface area contributed by atoms with Crippen molar-refractivity contribution in [2.75, 3.05) is 18.4 Å². The largest absolute Gasteiger partial charge is 0.444 e. The fourth-order valence-electron chi connectivity index (χ4n) is 3.53. The molecule has 192 valence electrons. The Morgan fingerprint density at radius 2 is 1.76 bits per heavy atom. The summed E-state index contributed by atoms with van der Waals surface area (Å²) in [6, 6.07) is 18.1. The molecule has 2 heterocycles. The smallest absolute Gasteiger partial charge is 0.407 e. The first-order valence-electron chi connectivity index (χ1n) is 11.8. The highest BCUT2D eigenvalue weighted by Gasteiger charge is 2.17. The van der Waals surface area contributed by atoms with E-state index in [-0.39, 0.29) is 18.0 Å².